The summed E-state index contributed by atoms with van der Waals surface area (Å²) < 4.78 is 0. The second-order valence-corrected chi connectivity index (χ2v) is 2.51. The summed E-state index contributed by atoms with van der Waals surface area (Å²) in [6.45, 7) is 3.70. The van der Waals surface area contributed by atoms with Gasteiger partial charge in [0.25, 0.3) is 0 Å². The first-order chi connectivity index (χ1) is 5.92. The van der Waals surface area contributed by atoms with Crippen LogP contribution in [0.4, 0.5) is 0 Å². The van der Waals surface area contributed by atoms with Crippen LogP contribution in [0.1, 0.15) is 5.56 Å². The topological polar surface area (TPSA) is 25.8 Å². The minimum atomic E-state index is 0.961. The van der Waals surface area contributed by atoms with Crippen LogP contribution in [0.5, 0.6) is 0 Å². The molecule has 2 rings (SSSR count). The van der Waals surface area contributed by atoms with Crippen molar-refractivity contribution in [3.05, 3.63) is 42.9 Å². The zero-order valence-corrected chi connectivity index (χ0v) is 6.57. The molecule has 0 unspecified atom stereocenters. The van der Waals surface area contributed by atoms with Gasteiger partial charge in [0.15, 0.2) is 0 Å². The maximum absolute atomic E-state index is 4.24. The monoisotopic (exact) mass is 156 g/mol. The minimum Gasteiger partial charge on any atom is -0.263 e. The van der Waals surface area contributed by atoms with Crippen LogP contribution >= 0.6 is 0 Å². The van der Waals surface area contributed by atoms with Crippen LogP contribution in [0.15, 0.2) is 37.3 Å². The molecule has 2 heteroatoms. The van der Waals surface area contributed by atoms with Crippen molar-refractivity contribution in [3.8, 4) is 0 Å². The van der Waals surface area contributed by atoms with Crippen molar-refractivity contribution in [1.82, 2.24) is 9.97 Å². The first-order valence-electron chi connectivity index (χ1n) is 3.73. The van der Waals surface area contributed by atoms with E-state index in [0.29, 0.717) is 0 Å². The maximum Gasteiger partial charge on any atom is 0.0804 e. The van der Waals surface area contributed by atoms with Gasteiger partial charge in [-0.3, -0.25) is 9.97 Å². The van der Waals surface area contributed by atoms with Crippen molar-refractivity contribution < 1.29 is 0 Å². The summed E-state index contributed by atoms with van der Waals surface area (Å²) in [5.41, 5.74) is 1.94. The molecule has 2 nitrogen and oxygen atoms in total. The molecule has 0 aliphatic carbocycles. The third-order valence-electron chi connectivity index (χ3n) is 1.76. The van der Waals surface area contributed by atoms with E-state index < -0.39 is 0 Å². The Hall–Kier alpha value is -1.70. The van der Waals surface area contributed by atoms with E-state index in [2.05, 4.69) is 16.5 Å². The number of aromatic nitrogens is 2. The maximum atomic E-state index is 4.24. The molecule has 0 radical (unpaired) electrons. The van der Waals surface area contributed by atoms with Gasteiger partial charge < -0.3 is 0 Å². The highest BCUT2D eigenvalue weighted by molar-refractivity contribution is 5.85. The second kappa shape index (κ2) is 2.74. The lowest BCUT2D eigenvalue weighted by molar-refractivity contribution is 1.31. The average Bonchev–Trinajstić information content (AvgIpc) is 2.17. The Balaban J connectivity index is 2.88. The number of nitrogens with zero attached hydrogens (tertiary/aromatic N) is 2. The fourth-order valence-corrected chi connectivity index (χ4v) is 1.17. The summed E-state index contributed by atoms with van der Waals surface area (Å²) in [5, 5.41) is 1.05. The van der Waals surface area contributed by atoms with Gasteiger partial charge in [-0.1, -0.05) is 12.7 Å². The third-order valence-corrected chi connectivity index (χ3v) is 1.76. The number of pyridine rings is 2. The van der Waals surface area contributed by atoms with Crippen LogP contribution in [0.2, 0.25) is 0 Å². The Kier molecular flexibility index (Phi) is 1.59. The largest absolute Gasteiger partial charge is 0.263 e. The molecule has 0 bridgehead atoms. The molecule has 0 aliphatic rings. The lowest BCUT2D eigenvalue weighted by atomic mass is 10.2. The van der Waals surface area contributed by atoms with Gasteiger partial charge >= 0.3 is 0 Å². The van der Waals surface area contributed by atoms with Crippen LogP contribution < -0.4 is 0 Å². The quantitative estimate of drug-likeness (QED) is 0.633. The fraction of sp³-hybridized carbons (Fsp3) is 0. The molecule has 0 saturated heterocycles. The Morgan fingerprint density at radius 2 is 2.25 bits per heavy atom. The van der Waals surface area contributed by atoms with Crippen molar-refractivity contribution in [1.29, 1.82) is 0 Å². The van der Waals surface area contributed by atoms with E-state index >= 15 is 0 Å². The van der Waals surface area contributed by atoms with Gasteiger partial charge in [0.1, 0.15) is 0 Å². The summed E-state index contributed by atoms with van der Waals surface area (Å²) >= 11 is 0. The molecule has 2 heterocycles. The van der Waals surface area contributed by atoms with E-state index in [4.69, 9.17) is 0 Å². The molecule has 0 fully saturated rings. The van der Waals surface area contributed by atoms with Crippen LogP contribution in [-0.2, 0) is 0 Å². The number of fused-ring (bicyclic) bond motifs is 1. The van der Waals surface area contributed by atoms with E-state index in [9.17, 15) is 0 Å². The van der Waals surface area contributed by atoms with Gasteiger partial charge in [0.05, 0.1) is 5.52 Å². The van der Waals surface area contributed by atoms with E-state index in [-0.39, 0.29) is 0 Å². The molecule has 0 aliphatic heterocycles. The molecule has 0 saturated carbocycles. The number of hydrogen-bond acceptors (Lipinski definition) is 2. The molecular weight excluding hydrogens is 148 g/mol. The lowest BCUT2D eigenvalue weighted by Gasteiger charge is -1.97. The third kappa shape index (κ3) is 0.975. The van der Waals surface area contributed by atoms with E-state index in [0.717, 1.165) is 16.5 Å². The Morgan fingerprint density at radius 3 is 3.08 bits per heavy atom. The van der Waals surface area contributed by atoms with E-state index in [1.165, 1.54) is 0 Å². The van der Waals surface area contributed by atoms with Crippen molar-refractivity contribution in [2.24, 2.45) is 0 Å². The molecule has 12 heavy (non-hydrogen) atoms. The minimum absolute atomic E-state index is 0.961. The van der Waals surface area contributed by atoms with Gasteiger partial charge in [0.2, 0.25) is 0 Å². The highest BCUT2D eigenvalue weighted by atomic mass is 14.7. The average molecular weight is 156 g/mol. The highest BCUT2D eigenvalue weighted by Crippen LogP contribution is 2.14. The summed E-state index contributed by atoms with van der Waals surface area (Å²) in [6, 6.07) is 3.89. The van der Waals surface area contributed by atoms with E-state index in [1.54, 1.807) is 24.7 Å². The smallest absolute Gasteiger partial charge is 0.0804 e. The van der Waals surface area contributed by atoms with Crippen LogP contribution in [0.25, 0.3) is 17.0 Å². The Morgan fingerprint density at radius 1 is 1.33 bits per heavy atom. The molecule has 0 spiro atoms. The summed E-state index contributed by atoms with van der Waals surface area (Å²) in [6.07, 6.45) is 7.11. The number of hydrogen-bond donors (Lipinski definition) is 0. The lowest BCUT2D eigenvalue weighted by Crippen LogP contribution is -1.83. The second-order valence-electron chi connectivity index (χ2n) is 2.51. The van der Waals surface area contributed by atoms with Gasteiger partial charge in [-0.05, 0) is 12.1 Å². The van der Waals surface area contributed by atoms with Gasteiger partial charge in [-0.2, -0.15) is 0 Å². The summed E-state index contributed by atoms with van der Waals surface area (Å²) in [5.74, 6) is 0. The summed E-state index contributed by atoms with van der Waals surface area (Å²) in [7, 11) is 0. The molecule has 2 aromatic heterocycles. The van der Waals surface area contributed by atoms with Crippen molar-refractivity contribution in [3.63, 3.8) is 0 Å². The van der Waals surface area contributed by atoms with E-state index in [1.807, 2.05) is 12.1 Å². The first-order valence-corrected chi connectivity index (χ1v) is 3.73. The zero-order chi connectivity index (χ0) is 8.39. The van der Waals surface area contributed by atoms with Crippen molar-refractivity contribution in [2.45, 2.75) is 0 Å². The van der Waals surface area contributed by atoms with Crippen LogP contribution in [0.3, 0.4) is 0 Å². The molecular formula is C10H8N2. The Labute approximate surface area is 70.6 Å². The Bertz CT molecular complexity index is 416. The standard InChI is InChI=1S/C10H8N2/c1-2-8-6-11-7-9-4-3-5-12-10(8)9/h2-7H,1H2. The number of rotatable bonds is 1. The van der Waals surface area contributed by atoms with Crippen LogP contribution in [0, 0.1) is 0 Å². The first kappa shape index (κ1) is 6.98. The van der Waals surface area contributed by atoms with Crippen molar-refractivity contribution in [2.75, 3.05) is 0 Å². The molecule has 0 amide bonds. The summed E-state index contributed by atoms with van der Waals surface area (Å²) in [4.78, 5) is 8.31. The van der Waals surface area contributed by atoms with Crippen molar-refractivity contribution >= 4 is 17.0 Å². The molecule has 0 atom stereocenters. The highest BCUT2D eigenvalue weighted by Gasteiger charge is 1.96. The molecule has 58 valence electrons. The normalized spacial score (nSPS) is 10.0. The van der Waals surface area contributed by atoms with Gasteiger partial charge in [0, 0.05) is 29.5 Å². The predicted molar refractivity (Wildman–Crippen MR) is 49.6 cm³/mol. The zero-order valence-electron chi connectivity index (χ0n) is 6.57. The molecule has 0 aromatic carbocycles. The van der Waals surface area contributed by atoms with Gasteiger partial charge in [-0.25, -0.2) is 0 Å². The fourth-order valence-electron chi connectivity index (χ4n) is 1.17. The SMILES string of the molecule is C=Cc1cncc2cccnc12. The molecule has 2 aromatic rings. The van der Waals surface area contributed by atoms with Gasteiger partial charge in [-0.15, -0.1) is 0 Å². The predicted octanol–water partition coefficient (Wildman–Crippen LogP) is 2.27. The van der Waals surface area contributed by atoms with Crippen LogP contribution in [-0.4, -0.2) is 9.97 Å². The molecule has 0 N–H and O–H groups in total.